The van der Waals surface area contributed by atoms with E-state index in [1.165, 1.54) is 0 Å². The van der Waals surface area contributed by atoms with Crippen molar-refractivity contribution in [3.05, 3.63) is 0 Å². The summed E-state index contributed by atoms with van der Waals surface area (Å²) >= 11 is 0. The summed E-state index contributed by atoms with van der Waals surface area (Å²) in [6.07, 6.45) is 0.0398. The standard InChI is InChI=1S/C8H16O5/c1-11-4-5-12-6-7-13-8(10)2-3-9/h9H,2-7H2,1H3. The summed E-state index contributed by atoms with van der Waals surface area (Å²) in [5.41, 5.74) is 0. The van der Waals surface area contributed by atoms with Crippen molar-refractivity contribution in [1.29, 1.82) is 0 Å². The Bertz CT molecular complexity index is 126. The summed E-state index contributed by atoms with van der Waals surface area (Å²) in [7, 11) is 1.59. The lowest BCUT2D eigenvalue weighted by atomic mass is 10.5. The van der Waals surface area contributed by atoms with Crippen LogP contribution in [0.15, 0.2) is 0 Å². The summed E-state index contributed by atoms with van der Waals surface area (Å²) in [4.78, 5) is 10.7. The third kappa shape index (κ3) is 9.26. The highest BCUT2D eigenvalue weighted by Crippen LogP contribution is 1.85. The lowest BCUT2D eigenvalue weighted by Crippen LogP contribution is -2.13. The molecule has 0 fully saturated rings. The molecule has 0 aromatic rings. The van der Waals surface area contributed by atoms with Crippen molar-refractivity contribution in [2.24, 2.45) is 0 Å². The molecular weight excluding hydrogens is 176 g/mol. The predicted octanol–water partition coefficient (Wildman–Crippen LogP) is -0.425. The number of esters is 1. The SMILES string of the molecule is COCCOCCOC(=O)CCO. The van der Waals surface area contributed by atoms with Gasteiger partial charge in [0.25, 0.3) is 0 Å². The zero-order valence-corrected chi connectivity index (χ0v) is 7.82. The van der Waals surface area contributed by atoms with Gasteiger partial charge in [0.1, 0.15) is 6.61 Å². The van der Waals surface area contributed by atoms with Gasteiger partial charge in [0.05, 0.1) is 32.8 Å². The molecule has 0 aliphatic heterocycles. The summed E-state index contributed by atoms with van der Waals surface area (Å²) in [6, 6.07) is 0. The van der Waals surface area contributed by atoms with Crippen molar-refractivity contribution in [3.8, 4) is 0 Å². The first-order valence-electron chi connectivity index (χ1n) is 4.14. The van der Waals surface area contributed by atoms with E-state index in [-0.39, 0.29) is 19.6 Å². The fourth-order valence-electron chi connectivity index (χ4n) is 0.622. The average molecular weight is 192 g/mol. The fraction of sp³-hybridized carbons (Fsp3) is 0.875. The van der Waals surface area contributed by atoms with Crippen LogP contribution in [0, 0.1) is 0 Å². The second-order valence-corrected chi connectivity index (χ2v) is 2.30. The Balaban J connectivity index is 3.02. The quantitative estimate of drug-likeness (QED) is 0.418. The first-order chi connectivity index (χ1) is 6.31. The van der Waals surface area contributed by atoms with Crippen LogP contribution in [0.2, 0.25) is 0 Å². The van der Waals surface area contributed by atoms with Gasteiger partial charge in [-0.1, -0.05) is 0 Å². The number of methoxy groups -OCH3 is 1. The third-order valence-electron chi connectivity index (χ3n) is 1.24. The summed E-state index contributed by atoms with van der Waals surface area (Å²) < 4.78 is 14.5. The van der Waals surface area contributed by atoms with Gasteiger partial charge >= 0.3 is 5.97 Å². The van der Waals surface area contributed by atoms with Crippen molar-refractivity contribution >= 4 is 5.97 Å². The lowest BCUT2D eigenvalue weighted by Gasteiger charge is -2.04. The van der Waals surface area contributed by atoms with Gasteiger partial charge in [0.2, 0.25) is 0 Å². The first kappa shape index (κ1) is 12.3. The maximum absolute atomic E-state index is 10.7. The molecule has 0 aromatic heterocycles. The van der Waals surface area contributed by atoms with Crippen LogP contribution < -0.4 is 0 Å². The topological polar surface area (TPSA) is 65.0 Å². The van der Waals surface area contributed by atoms with Crippen LogP contribution in [0.5, 0.6) is 0 Å². The Labute approximate surface area is 77.6 Å². The zero-order valence-electron chi connectivity index (χ0n) is 7.82. The summed E-state index contributed by atoms with van der Waals surface area (Å²) in [6.45, 7) is 1.44. The molecule has 1 N–H and O–H groups in total. The average Bonchev–Trinajstić information content (AvgIpc) is 2.11. The molecule has 0 rings (SSSR count). The Kier molecular flexibility index (Phi) is 8.97. The van der Waals surface area contributed by atoms with Gasteiger partial charge in [-0.15, -0.1) is 0 Å². The van der Waals surface area contributed by atoms with E-state index in [1.54, 1.807) is 7.11 Å². The molecule has 0 aliphatic carbocycles. The molecular formula is C8H16O5. The second kappa shape index (κ2) is 9.44. The molecule has 13 heavy (non-hydrogen) atoms. The minimum Gasteiger partial charge on any atom is -0.463 e. The molecule has 0 bridgehead atoms. The second-order valence-electron chi connectivity index (χ2n) is 2.30. The van der Waals surface area contributed by atoms with Crippen LogP contribution >= 0.6 is 0 Å². The maximum atomic E-state index is 10.7. The highest BCUT2D eigenvalue weighted by Gasteiger charge is 1.99. The van der Waals surface area contributed by atoms with Crippen molar-refractivity contribution in [2.75, 3.05) is 40.1 Å². The van der Waals surface area contributed by atoms with Gasteiger partial charge in [-0.05, 0) is 0 Å². The molecule has 0 saturated carbocycles. The minimum atomic E-state index is -0.405. The molecule has 0 heterocycles. The largest absolute Gasteiger partial charge is 0.463 e. The van der Waals surface area contributed by atoms with E-state index in [4.69, 9.17) is 19.3 Å². The van der Waals surface area contributed by atoms with Crippen LogP contribution in [0.25, 0.3) is 0 Å². The van der Waals surface area contributed by atoms with Gasteiger partial charge in [-0.3, -0.25) is 4.79 Å². The number of carbonyl (C=O) groups is 1. The molecule has 0 atom stereocenters. The molecule has 0 amide bonds. The number of hydrogen-bond donors (Lipinski definition) is 1. The molecule has 0 spiro atoms. The lowest BCUT2D eigenvalue weighted by molar-refractivity contribution is -0.146. The zero-order chi connectivity index (χ0) is 9.94. The van der Waals surface area contributed by atoms with E-state index in [0.717, 1.165) is 0 Å². The molecule has 0 unspecified atom stereocenters. The van der Waals surface area contributed by atoms with E-state index in [9.17, 15) is 4.79 Å². The van der Waals surface area contributed by atoms with Gasteiger partial charge in [-0.2, -0.15) is 0 Å². The number of carbonyl (C=O) groups excluding carboxylic acids is 1. The van der Waals surface area contributed by atoms with Crippen molar-refractivity contribution in [2.45, 2.75) is 6.42 Å². The normalized spacial score (nSPS) is 10.0. The fourth-order valence-corrected chi connectivity index (χ4v) is 0.622. The molecule has 5 heteroatoms. The molecule has 5 nitrogen and oxygen atoms in total. The monoisotopic (exact) mass is 192 g/mol. The number of ether oxygens (including phenoxy) is 3. The minimum absolute atomic E-state index is 0.0398. The molecule has 0 saturated heterocycles. The number of hydrogen-bond acceptors (Lipinski definition) is 5. The third-order valence-corrected chi connectivity index (χ3v) is 1.24. The van der Waals surface area contributed by atoms with Crippen LogP contribution in [0.3, 0.4) is 0 Å². The molecule has 78 valence electrons. The van der Waals surface area contributed by atoms with E-state index < -0.39 is 5.97 Å². The van der Waals surface area contributed by atoms with Crippen LogP contribution in [-0.4, -0.2) is 51.2 Å². The van der Waals surface area contributed by atoms with E-state index >= 15 is 0 Å². The Hall–Kier alpha value is -0.650. The van der Waals surface area contributed by atoms with Gasteiger partial charge in [0, 0.05) is 7.11 Å². The number of aliphatic hydroxyl groups excluding tert-OH is 1. The number of rotatable bonds is 8. The highest BCUT2D eigenvalue weighted by atomic mass is 16.6. The maximum Gasteiger partial charge on any atom is 0.308 e. The first-order valence-corrected chi connectivity index (χ1v) is 4.14. The summed E-state index contributed by atoms with van der Waals surface area (Å²) in [5, 5.41) is 8.36. The van der Waals surface area contributed by atoms with E-state index in [1.807, 2.05) is 0 Å². The van der Waals surface area contributed by atoms with Crippen molar-refractivity contribution in [1.82, 2.24) is 0 Å². The van der Waals surface area contributed by atoms with Crippen LogP contribution in [0.1, 0.15) is 6.42 Å². The molecule has 0 radical (unpaired) electrons. The highest BCUT2D eigenvalue weighted by molar-refractivity contribution is 5.69. The summed E-state index contributed by atoms with van der Waals surface area (Å²) in [5.74, 6) is -0.405. The van der Waals surface area contributed by atoms with Gasteiger partial charge < -0.3 is 19.3 Å². The van der Waals surface area contributed by atoms with E-state index in [2.05, 4.69) is 0 Å². The van der Waals surface area contributed by atoms with Crippen molar-refractivity contribution < 1.29 is 24.1 Å². The van der Waals surface area contributed by atoms with Gasteiger partial charge in [-0.25, -0.2) is 0 Å². The predicted molar refractivity (Wildman–Crippen MR) is 45.4 cm³/mol. The van der Waals surface area contributed by atoms with Crippen LogP contribution in [-0.2, 0) is 19.0 Å². The van der Waals surface area contributed by atoms with E-state index in [0.29, 0.717) is 19.8 Å². The molecule has 0 aromatic carbocycles. The number of aliphatic hydroxyl groups is 1. The van der Waals surface area contributed by atoms with Crippen LogP contribution in [0.4, 0.5) is 0 Å². The van der Waals surface area contributed by atoms with Gasteiger partial charge in [0.15, 0.2) is 0 Å². The molecule has 0 aliphatic rings. The Morgan fingerprint density at radius 3 is 2.54 bits per heavy atom. The Morgan fingerprint density at radius 1 is 1.23 bits per heavy atom. The smallest absolute Gasteiger partial charge is 0.308 e. The Morgan fingerprint density at radius 2 is 1.92 bits per heavy atom. The van der Waals surface area contributed by atoms with Crippen molar-refractivity contribution in [3.63, 3.8) is 0 Å².